The molecule has 112 valence electrons. The first kappa shape index (κ1) is 14.6. The van der Waals surface area contributed by atoms with Crippen LogP contribution in [0.2, 0.25) is 0 Å². The molecule has 0 radical (unpaired) electrons. The van der Waals surface area contributed by atoms with Crippen LogP contribution in [0.25, 0.3) is 11.6 Å². The summed E-state index contributed by atoms with van der Waals surface area (Å²) in [4.78, 5) is 9.21. The molecule has 1 saturated carbocycles. The number of nitrogens with one attached hydrogen (secondary N) is 1. The smallest absolute Gasteiger partial charge is 0.197 e. The van der Waals surface area contributed by atoms with Crippen molar-refractivity contribution in [1.29, 1.82) is 0 Å². The number of anilines is 1. The Hall–Kier alpha value is -1.36. The molecule has 0 saturated heterocycles. The summed E-state index contributed by atoms with van der Waals surface area (Å²) in [6.07, 6.45) is 3.18. The van der Waals surface area contributed by atoms with Crippen molar-refractivity contribution in [2.75, 3.05) is 12.4 Å². The fraction of sp³-hybridized carbons (Fsp3) is 0.500. The monoisotopic (exact) mass is 349 g/mol. The Kier molecular flexibility index (Phi) is 4.02. The largest absolute Gasteiger partial charge is 0.457 e. The molecule has 3 rings (SSSR count). The molecule has 0 amide bonds. The first-order chi connectivity index (χ1) is 10.1. The average Bonchev–Trinajstić information content (AvgIpc) is 3.02. The van der Waals surface area contributed by atoms with Gasteiger partial charge in [-0.15, -0.1) is 0 Å². The van der Waals surface area contributed by atoms with E-state index >= 15 is 0 Å². The minimum Gasteiger partial charge on any atom is -0.457 e. The molecule has 0 bridgehead atoms. The minimum atomic E-state index is 0.577. The van der Waals surface area contributed by atoms with E-state index in [0.717, 1.165) is 46.3 Å². The van der Waals surface area contributed by atoms with E-state index in [4.69, 9.17) is 4.42 Å². The molecule has 1 fully saturated rings. The molecule has 0 aromatic carbocycles. The third kappa shape index (κ3) is 2.84. The summed E-state index contributed by atoms with van der Waals surface area (Å²) < 4.78 is 6.91. The Morgan fingerprint density at radius 1 is 1.38 bits per heavy atom. The Bertz CT molecular complexity index is 653. The SMILES string of the molecule is CCCc1nc(-c2ccc(C3CC3C)o2)nc(NC)c1Br. The molecular formula is C16H20BrN3O. The second-order valence-electron chi connectivity index (χ2n) is 5.68. The van der Waals surface area contributed by atoms with E-state index in [2.05, 4.69) is 51.1 Å². The number of aromatic nitrogens is 2. The maximum absolute atomic E-state index is 5.97. The fourth-order valence-corrected chi connectivity index (χ4v) is 3.14. The summed E-state index contributed by atoms with van der Waals surface area (Å²) in [6.45, 7) is 4.40. The zero-order valence-electron chi connectivity index (χ0n) is 12.6. The Labute approximate surface area is 133 Å². The van der Waals surface area contributed by atoms with Crippen molar-refractivity contribution in [2.45, 2.75) is 39.0 Å². The van der Waals surface area contributed by atoms with Gasteiger partial charge in [0.15, 0.2) is 11.6 Å². The lowest BCUT2D eigenvalue weighted by molar-refractivity contribution is 0.514. The molecule has 2 heterocycles. The van der Waals surface area contributed by atoms with Gasteiger partial charge in [0, 0.05) is 13.0 Å². The van der Waals surface area contributed by atoms with Gasteiger partial charge in [-0.25, -0.2) is 9.97 Å². The second kappa shape index (κ2) is 5.79. The molecule has 2 atom stereocenters. The number of hydrogen-bond acceptors (Lipinski definition) is 4. The molecule has 5 heteroatoms. The predicted molar refractivity (Wildman–Crippen MR) is 87.5 cm³/mol. The zero-order chi connectivity index (χ0) is 15.0. The maximum Gasteiger partial charge on any atom is 0.197 e. The normalized spacial score (nSPS) is 20.6. The highest BCUT2D eigenvalue weighted by atomic mass is 79.9. The van der Waals surface area contributed by atoms with Gasteiger partial charge < -0.3 is 9.73 Å². The van der Waals surface area contributed by atoms with Gasteiger partial charge >= 0.3 is 0 Å². The maximum atomic E-state index is 5.97. The fourth-order valence-electron chi connectivity index (χ4n) is 2.56. The highest BCUT2D eigenvalue weighted by Gasteiger charge is 2.36. The van der Waals surface area contributed by atoms with Crippen LogP contribution in [-0.2, 0) is 6.42 Å². The van der Waals surface area contributed by atoms with Gasteiger partial charge in [0.2, 0.25) is 0 Å². The van der Waals surface area contributed by atoms with E-state index in [1.165, 1.54) is 6.42 Å². The summed E-state index contributed by atoms with van der Waals surface area (Å²) >= 11 is 3.58. The molecule has 21 heavy (non-hydrogen) atoms. The standard InChI is InChI=1S/C16H20BrN3O/c1-4-5-11-14(17)16(18-3)20-15(19-11)13-7-6-12(21-13)10-8-9(10)2/h6-7,9-10H,4-5,8H2,1-3H3,(H,18,19,20). The van der Waals surface area contributed by atoms with Crippen LogP contribution in [0, 0.1) is 5.92 Å². The highest BCUT2D eigenvalue weighted by molar-refractivity contribution is 9.10. The van der Waals surface area contributed by atoms with Gasteiger partial charge in [-0.3, -0.25) is 0 Å². The van der Waals surface area contributed by atoms with Gasteiger partial charge in [0.1, 0.15) is 11.6 Å². The second-order valence-corrected chi connectivity index (χ2v) is 6.47. The lowest BCUT2D eigenvalue weighted by Gasteiger charge is -2.09. The molecule has 4 nitrogen and oxygen atoms in total. The lowest BCUT2D eigenvalue weighted by Crippen LogP contribution is -2.03. The predicted octanol–water partition coefficient (Wildman–Crippen LogP) is 4.62. The lowest BCUT2D eigenvalue weighted by atomic mass is 10.2. The van der Waals surface area contributed by atoms with Gasteiger partial charge in [0.05, 0.1) is 10.2 Å². The summed E-state index contributed by atoms with van der Waals surface area (Å²) in [5, 5.41) is 3.11. The number of rotatable bonds is 5. The summed E-state index contributed by atoms with van der Waals surface area (Å²) in [6, 6.07) is 4.05. The first-order valence-corrected chi connectivity index (χ1v) is 8.27. The molecule has 1 aliphatic rings. The molecule has 0 aliphatic heterocycles. The highest BCUT2D eigenvalue weighted by Crippen LogP contribution is 2.48. The summed E-state index contributed by atoms with van der Waals surface area (Å²) in [5.41, 5.74) is 1.02. The molecule has 1 N–H and O–H groups in total. The van der Waals surface area contributed by atoms with Crippen LogP contribution < -0.4 is 5.32 Å². The van der Waals surface area contributed by atoms with Crippen LogP contribution >= 0.6 is 15.9 Å². The molecule has 2 aromatic heterocycles. The van der Waals surface area contributed by atoms with Crippen molar-refractivity contribution in [2.24, 2.45) is 5.92 Å². The van der Waals surface area contributed by atoms with Crippen LogP contribution in [-0.4, -0.2) is 17.0 Å². The number of hydrogen-bond donors (Lipinski definition) is 1. The van der Waals surface area contributed by atoms with E-state index in [0.29, 0.717) is 11.7 Å². The van der Waals surface area contributed by atoms with Gasteiger partial charge in [0.25, 0.3) is 0 Å². The third-order valence-electron chi connectivity index (χ3n) is 3.97. The zero-order valence-corrected chi connectivity index (χ0v) is 14.2. The van der Waals surface area contributed by atoms with Crippen LogP contribution in [0.1, 0.15) is 44.1 Å². The number of nitrogens with zero attached hydrogens (tertiary/aromatic N) is 2. The van der Waals surface area contributed by atoms with Crippen molar-refractivity contribution >= 4 is 21.7 Å². The summed E-state index contributed by atoms with van der Waals surface area (Å²) in [5.74, 6) is 4.59. The number of furan rings is 1. The molecule has 2 aromatic rings. The van der Waals surface area contributed by atoms with E-state index in [1.54, 1.807) is 0 Å². The Balaban J connectivity index is 1.97. The molecule has 1 aliphatic carbocycles. The average molecular weight is 350 g/mol. The van der Waals surface area contributed by atoms with Gasteiger partial charge in [-0.1, -0.05) is 20.3 Å². The minimum absolute atomic E-state index is 0.577. The molecule has 0 spiro atoms. The van der Waals surface area contributed by atoms with Crippen molar-refractivity contribution in [3.05, 3.63) is 28.1 Å². The Morgan fingerprint density at radius 2 is 2.14 bits per heavy atom. The Morgan fingerprint density at radius 3 is 2.76 bits per heavy atom. The number of halogens is 1. The van der Waals surface area contributed by atoms with Gasteiger partial charge in [-0.05, 0) is 46.8 Å². The van der Waals surface area contributed by atoms with Crippen molar-refractivity contribution < 1.29 is 4.42 Å². The van der Waals surface area contributed by atoms with E-state index in [-0.39, 0.29) is 0 Å². The van der Waals surface area contributed by atoms with Crippen molar-refractivity contribution in [3.8, 4) is 11.6 Å². The van der Waals surface area contributed by atoms with E-state index in [9.17, 15) is 0 Å². The number of aryl methyl sites for hydroxylation is 1. The van der Waals surface area contributed by atoms with E-state index < -0.39 is 0 Å². The van der Waals surface area contributed by atoms with Crippen molar-refractivity contribution in [1.82, 2.24) is 9.97 Å². The van der Waals surface area contributed by atoms with Crippen LogP contribution in [0.4, 0.5) is 5.82 Å². The molecule has 2 unspecified atom stereocenters. The molecular weight excluding hydrogens is 330 g/mol. The van der Waals surface area contributed by atoms with Crippen LogP contribution in [0.15, 0.2) is 21.0 Å². The third-order valence-corrected chi connectivity index (χ3v) is 4.80. The van der Waals surface area contributed by atoms with E-state index in [1.807, 2.05) is 13.1 Å². The van der Waals surface area contributed by atoms with Crippen LogP contribution in [0.5, 0.6) is 0 Å². The first-order valence-electron chi connectivity index (χ1n) is 7.48. The van der Waals surface area contributed by atoms with Crippen molar-refractivity contribution in [3.63, 3.8) is 0 Å². The summed E-state index contributed by atoms with van der Waals surface area (Å²) in [7, 11) is 1.87. The topological polar surface area (TPSA) is 51.0 Å². The van der Waals surface area contributed by atoms with Crippen LogP contribution in [0.3, 0.4) is 0 Å². The van der Waals surface area contributed by atoms with Gasteiger partial charge in [-0.2, -0.15) is 0 Å². The quantitative estimate of drug-likeness (QED) is 0.855.